The Bertz CT molecular complexity index is 1110. The van der Waals surface area contributed by atoms with Gasteiger partial charge in [-0.3, -0.25) is 4.79 Å². The van der Waals surface area contributed by atoms with Crippen LogP contribution in [0.1, 0.15) is 16.3 Å². The van der Waals surface area contributed by atoms with Gasteiger partial charge in [0.15, 0.2) is 0 Å². The van der Waals surface area contributed by atoms with E-state index in [0.29, 0.717) is 22.8 Å². The number of anilines is 1. The van der Waals surface area contributed by atoms with Crippen LogP contribution in [0.3, 0.4) is 0 Å². The van der Waals surface area contributed by atoms with Crippen molar-refractivity contribution in [3.63, 3.8) is 0 Å². The summed E-state index contributed by atoms with van der Waals surface area (Å²) in [6.45, 7) is 0. The number of carbonyl (C=O) groups is 1. The third-order valence-corrected chi connectivity index (χ3v) is 7.06. The molecule has 0 radical (unpaired) electrons. The zero-order valence-electron chi connectivity index (χ0n) is 15.9. The molecule has 0 aliphatic rings. The minimum absolute atomic E-state index is 0.143. The quantitative estimate of drug-likeness (QED) is 0.594. The number of aromatic nitrogens is 1. The van der Waals surface area contributed by atoms with E-state index in [1.807, 2.05) is 29.6 Å². The van der Waals surface area contributed by atoms with Crippen LogP contribution in [0.5, 0.6) is 0 Å². The van der Waals surface area contributed by atoms with Gasteiger partial charge in [0.1, 0.15) is 0 Å². The molecule has 1 N–H and O–H groups in total. The maximum atomic E-state index is 12.3. The van der Waals surface area contributed by atoms with Gasteiger partial charge in [0.25, 0.3) is 0 Å². The summed E-state index contributed by atoms with van der Waals surface area (Å²) in [5.74, 6) is -0.215. The molecule has 1 amide bonds. The van der Waals surface area contributed by atoms with E-state index in [-0.39, 0.29) is 17.2 Å². The summed E-state index contributed by atoms with van der Waals surface area (Å²) in [4.78, 5) is 17.0. The van der Waals surface area contributed by atoms with E-state index in [2.05, 4.69) is 10.3 Å². The first-order valence-corrected chi connectivity index (χ1v) is 11.4. The third kappa shape index (κ3) is 5.63. The molecule has 0 saturated carbocycles. The van der Waals surface area contributed by atoms with E-state index in [4.69, 9.17) is 11.6 Å². The van der Waals surface area contributed by atoms with Gasteiger partial charge in [-0.2, -0.15) is 0 Å². The van der Waals surface area contributed by atoms with Crippen molar-refractivity contribution in [2.75, 3.05) is 19.4 Å². The summed E-state index contributed by atoms with van der Waals surface area (Å²) in [7, 11) is -0.549. The van der Waals surface area contributed by atoms with Gasteiger partial charge in [-0.25, -0.2) is 17.7 Å². The fourth-order valence-electron chi connectivity index (χ4n) is 2.62. The number of carbonyl (C=O) groups excluding carboxylic acids is 1. The Balaban J connectivity index is 1.59. The summed E-state index contributed by atoms with van der Waals surface area (Å²) in [5, 5.41) is 6.23. The lowest BCUT2D eigenvalue weighted by molar-refractivity contribution is -0.115. The molecule has 2 aromatic carbocycles. The fraction of sp³-hybridized carbons (Fsp3) is 0.200. The van der Waals surface area contributed by atoms with Gasteiger partial charge in [-0.05, 0) is 42.0 Å². The van der Waals surface area contributed by atoms with Crippen molar-refractivity contribution in [1.82, 2.24) is 9.29 Å². The lowest BCUT2D eigenvalue weighted by Gasteiger charge is -2.11. The first kappa shape index (κ1) is 21.4. The number of amides is 1. The van der Waals surface area contributed by atoms with Crippen LogP contribution < -0.4 is 5.32 Å². The minimum Gasteiger partial charge on any atom is -0.326 e. The summed E-state index contributed by atoms with van der Waals surface area (Å²) in [5.41, 5.74) is 2.29. The molecule has 0 fully saturated rings. The molecule has 0 bridgehead atoms. The normalized spacial score (nSPS) is 11.6. The largest absolute Gasteiger partial charge is 0.326 e. The average molecular weight is 450 g/mol. The highest BCUT2D eigenvalue weighted by molar-refractivity contribution is 7.89. The minimum atomic E-state index is -3.49. The van der Waals surface area contributed by atoms with Crippen LogP contribution in [-0.2, 0) is 27.7 Å². The van der Waals surface area contributed by atoms with Gasteiger partial charge in [0.2, 0.25) is 15.9 Å². The molecule has 1 heterocycles. The number of hydrogen-bond donors (Lipinski definition) is 1. The number of nitrogens with zero attached hydrogens (tertiary/aromatic N) is 2. The molecule has 0 saturated heterocycles. The summed E-state index contributed by atoms with van der Waals surface area (Å²) in [6.07, 6.45) is 0.804. The number of thiazole rings is 1. The van der Waals surface area contributed by atoms with Gasteiger partial charge in [-0.1, -0.05) is 23.7 Å². The van der Waals surface area contributed by atoms with Crippen LogP contribution in [0.2, 0.25) is 5.02 Å². The van der Waals surface area contributed by atoms with Gasteiger partial charge >= 0.3 is 0 Å². The molecule has 29 heavy (non-hydrogen) atoms. The monoisotopic (exact) mass is 449 g/mol. The number of hydrogen-bond acceptors (Lipinski definition) is 5. The molecule has 152 valence electrons. The molecule has 0 aliphatic heterocycles. The molecule has 6 nitrogen and oxygen atoms in total. The molecule has 0 aliphatic carbocycles. The van der Waals surface area contributed by atoms with Crippen LogP contribution in [0, 0.1) is 0 Å². The average Bonchev–Trinajstić information content (AvgIpc) is 3.08. The molecular formula is C20H20ClN3O3S2. The van der Waals surface area contributed by atoms with E-state index in [1.165, 1.54) is 37.6 Å². The number of benzene rings is 2. The van der Waals surface area contributed by atoms with Crippen molar-refractivity contribution in [2.45, 2.75) is 17.7 Å². The molecular weight excluding hydrogens is 430 g/mol. The molecule has 0 atom stereocenters. The summed E-state index contributed by atoms with van der Waals surface area (Å²) >= 11 is 7.51. The van der Waals surface area contributed by atoms with Crippen molar-refractivity contribution >= 4 is 44.6 Å². The fourth-order valence-corrected chi connectivity index (χ4v) is 4.57. The van der Waals surface area contributed by atoms with Crippen molar-refractivity contribution in [3.05, 3.63) is 75.2 Å². The van der Waals surface area contributed by atoms with E-state index >= 15 is 0 Å². The lowest BCUT2D eigenvalue weighted by Crippen LogP contribution is -2.22. The van der Waals surface area contributed by atoms with Gasteiger partial charge in [0.05, 0.1) is 22.0 Å². The number of sulfonamides is 1. The lowest BCUT2D eigenvalue weighted by atomic mass is 10.2. The zero-order chi connectivity index (χ0) is 21.0. The molecule has 3 rings (SSSR count). The second-order valence-corrected chi connectivity index (χ2v) is 10.1. The van der Waals surface area contributed by atoms with E-state index in [9.17, 15) is 13.2 Å². The van der Waals surface area contributed by atoms with Gasteiger partial charge in [-0.15, -0.1) is 11.3 Å². The standard InChI is InChI=1S/C20H20ClN3O3S2/c1-24(2)29(26,27)18-8-6-16(7-9-18)22-19(25)12-17-13-28-20(23-17)11-14-4-3-5-15(21)10-14/h3-10,13H,11-12H2,1-2H3,(H,22,25). The van der Waals surface area contributed by atoms with Crippen LogP contribution in [0.25, 0.3) is 0 Å². The SMILES string of the molecule is CN(C)S(=O)(=O)c1ccc(NC(=O)Cc2csc(Cc3cccc(Cl)c3)n2)cc1. The third-order valence-electron chi connectivity index (χ3n) is 4.10. The Hall–Kier alpha value is -2.26. The molecule has 9 heteroatoms. The molecule has 3 aromatic rings. The maximum Gasteiger partial charge on any atom is 0.242 e. The predicted octanol–water partition coefficient (Wildman–Crippen LogP) is 3.82. The van der Waals surface area contributed by atoms with Crippen molar-refractivity contribution < 1.29 is 13.2 Å². The van der Waals surface area contributed by atoms with Crippen LogP contribution in [-0.4, -0.2) is 37.7 Å². The highest BCUT2D eigenvalue weighted by atomic mass is 35.5. The molecule has 0 spiro atoms. The number of rotatable bonds is 7. The predicted molar refractivity (Wildman–Crippen MR) is 116 cm³/mol. The smallest absolute Gasteiger partial charge is 0.242 e. The Morgan fingerprint density at radius 3 is 2.55 bits per heavy atom. The Labute approximate surface area is 179 Å². The van der Waals surface area contributed by atoms with E-state index in [0.717, 1.165) is 14.9 Å². The summed E-state index contributed by atoms with van der Waals surface area (Å²) < 4.78 is 25.3. The Morgan fingerprint density at radius 2 is 1.90 bits per heavy atom. The van der Waals surface area contributed by atoms with Gasteiger partial charge in [0, 0.05) is 36.6 Å². The first-order chi connectivity index (χ1) is 13.7. The van der Waals surface area contributed by atoms with Crippen molar-refractivity contribution in [3.8, 4) is 0 Å². The Kier molecular flexibility index (Phi) is 6.69. The highest BCUT2D eigenvalue weighted by Gasteiger charge is 2.17. The van der Waals surface area contributed by atoms with Crippen LogP contribution >= 0.6 is 22.9 Å². The van der Waals surface area contributed by atoms with Crippen molar-refractivity contribution in [2.24, 2.45) is 0 Å². The van der Waals surface area contributed by atoms with Crippen LogP contribution in [0.4, 0.5) is 5.69 Å². The highest BCUT2D eigenvalue weighted by Crippen LogP contribution is 2.19. The molecule has 0 unspecified atom stereocenters. The summed E-state index contributed by atoms with van der Waals surface area (Å²) in [6, 6.07) is 13.7. The maximum absolute atomic E-state index is 12.3. The first-order valence-electron chi connectivity index (χ1n) is 8.74. The zero-order valence-corrected chi connectivity index (χ0v) is 18.3. The second kappa shape index (κ2) is 9.04. The number of halogens is 1. The Morgan fingerprint density at radius 1 is 1.17 bits per heavy atom. The van der Waals surface area contributed by atoms with E-state index in [1.54, 1.807) is 12.1 Å². The van der Waals surface area contributed by atoms with Crippen LogP contribution in [0.15, 0.2) is 58.8 Å². The van der Waals surface area contributed by atoms with E-state index < -0.39 is 10.0 Å². The topological polar surface area (TPSA) is 79.4 Å². The molecule has 1 aromatic heterocycles. The second-order valence-electron chi connectivity index (χ2n) is 6.58. The number of nitrogens with one attached hydrogen (secondary N) is 1. The van der Waals surface area contributed by atoms with Gasteiger partial charge < -0.3 is 5.32 Å². The van der Waals surface area contributed by atoms with Crippen molar-refractivity contribution in [1.29, 1.82) is 0 Å².